The molecule has 0 radical (unpaired) electrons. The van der Waals surface area contributed by atoms with Crippen molar-refractivity contribution in [1.29, 1.82) is 0 Å². The molecule has 0 spiro atoms. The SMILES string of the molecule is OC1CC(CC(O)C(F)F)N=C(c2ccc(F)cc2)O1. The molecule has 2 rings (SSSR count). The van der Waals surface area contributed by atoms with E-state index in [0.717, 1.165) is 0 Å². The number of nitrogens with zero attached hydrogens (tertiary/aromatic N) is 1. The Balaban J connectivity index is 2.15. The Morgan fingerprint density at radius 2 is 1.95 bits per heavy atom. The van der Waals surface area contributed by atoms with E-state index >= 15 is 0 Å². The van der Waals surface area contributed by atoms with Crippen LogP contribution >= 0.6 is 0 Å². The number of rotatable bonds is 4. The molecule has 0 fully saturated rings. The van der Waals surface area contributed by atoms with Crippen LogP contribution in [0.1, 0.15) is 18.4 Å². The summed E-state index contributed by atoms with van der Waals surface area (Å²) >= 11 is 0. The first-order valence-electron chi connectivity index (χ1n) is 6.10. The van der Waals surface area contributed by atoms with Crippen molar-refractivity contribution < 1.29 is 28.1 Å². The van der Waals surface area contributed by atoms with E-state index in [2.05, 4.69) is 4.99 Å². The summed E-state index contributed by atoms with van der Waals surface area (Å²) in [7, 11) is 0. The van der Waals surface area contributed by atoms with Gasteiger partial charge >= 0.3 is 0 Å². The Morgan fingerprint density at radius 1 is 1.30 bits per heavy atom. The molecule has 1 aromatic carbocycles. The highest BCUT2D eigenvalue weighted by Gasteiger charge is 2.28. The molecule has 3 unspecified atom stereocenters. The summed E-state index contributed by atoms with van der Waals surface area (Å²) in [5.74, 6) is -0.384. The number of halogens is 3. The van der Waals surface area contributed by atoms with Gasteiger partial charge in [0.25, 0.3) is 6.43 Å². The molecular formula is C13H14F3NO3. The van der Waals surface area contributed by atoms with Crippen LogP contribution in [0.4, 0.5) is 13.2 Å². The zero-order chi connectivity index (χ0) is 14.7. The number of hydrogen-bond donors (Lipinski definition) is 2. The van der Waals surface area contributed by atoms with Gasteiger partial charge in [-0.05, 0) is 24.3 Å². The number of aliphatic imine (C=N–C) groups is 1. The third-order valence-corrected chi connectivity index (χ3v) is 2.92. The molecule has 1 aliphatic heterocycles. The van der Waals surface area contributed by atoms with Gasteiger partial charge in [-0.25, -0.2) is 18.2 Å². The molecule has 0 saturated heterocycles. The molecule has 1 aliphatic rings. The van der Waals surface area contributed by atoms with Crippen molar-refractivity contribution in [2.24, 2.45) is 4.99 Å². The van der Waals surface area contributed by atoms with E-state index in [1.807, 2.05) is 0 Å². The van der Waals surface area contributed by atoms with Crippen LogP contribution in [0.2, 0.25) is 0 Å². The molecular weight excluding hydrogens is 275 g/mol. The van der Waals surface area contributed by atoms with Gasteiger partial charge in [-0.1, -0.05) is 0 Å². The molecule has 0 bridgehead atoms. The Bertz CT molecular complexity index is 478. The average Bonchev–Trinajstić information content (AvgIpc) is 2.38. The molecule has 2 N–H and O–H groups in total. The van der Waals surface area contributed by atoms with Crippen LogP contribution in [-0.2, 0) is 4.74 Å². The first kappa shape index (κ1) is 14.8. The van der Waals surface area contributed by atoms with Crippen LogP contribution in [-0.4, -0.2) is 41.0 Å². The highest BCUT2D eigenvalue weighted by atomic mass is 19.3. The maximum Gasteiger partial charge on any atom is 0.264 e. The largest absolute Gasteiger partial charge is 0.448 e. The second-order valence-electron chi connectivity index (χ2n) is 4.54. The Morgan fingerprint density at radius 3 is 2.55 bits per heavy atom. The van der Waals surface area contributed by atoms with Crippen LogP contribution in [0.3, 0.4) is 0 Å². The molecule has 0 saturated carbocycles. The van der Waals surface area contributed by atoms with E-state index in [4.69, 9.17) is 9.84 Å². The van der Waals surface area contributed by atoms with Crippen molar-refractivity contribution in [2.45, 2.75) is 37.7 Å². The van der Waals surface area contributed by atoms with Crippen molar-refractivity contribution in [3.63, 3.8) is 0 Å². The normalized spacial score (nSPS) is 24.2. The van der Waals surface area contributed by atoms with Crippen LogP contribution < -0.4 is 0 Å². The van der Waals surface area contributed by atoms with E-state index in [-0.39, 0.29) is 18.7 Å². The number of benzene rings is 1. The first-order chi connectivity index (χ1) is 9.45. The van der Waals surface area contributed by atoms with Crippen LogP contribution in [0.25, 0.3) is 0 Å². The predicted molar refractivity (Wildman–Crippen MR) is 65.1 cm³/mol. The molecule has 0 amide bonds. The minimum absolute atomic E-state index is 0.0223. The molecule has 110 valence electrons. The highest BCUT2D eigenvalue weighted by Crippen LogP contribution is 2.21. The third-order valence-electron chi connectivity index (χ3n) is 2.92. The fraction of sp³-hybridized carbons (Fsp3) is 0.462. The maximum absolute atomic E-state index is 12.8. The van der Waals surface area contributed by atoms with Crippen molar-refractivity contribution in [3.05, 3.63) is 35.6 Å². The third kappa shape index (κ3) is 3.71. The van der Waals surface area contributed by atoms with Crippen molar-refractivity contribution in [3.8, 4) is 0 Å². The van der Waals surface area contributed by atoms with E-state index in [9.17, 15) is 18.3 Å². The molecule has 20 heavy (non-hydrogen) atoms. The lowest BCUT2D eigenvalue weighted by Crippen LogP contribution is -2.33. The minimum atomic E-state index is -2.86. The Hall–Kier alpha value is -1.60. The van der Waals surface area contributed by atoms with E-state index in [1.165, 1.54) is 24.3 Å². The highest BCUT2D eigenvalue weighted by molar-refractivity contribution is 5.94. The topological polar surface area (TPSA) is 62.0 Å². The van der Waals surface area contributed by atoms with Gasteiger partial charge in [0.15, 0.2) is 0 Å². The Labute approximate surface area is 113 Å². The number of aliphatic hydroxyl groups excluding tert-OH is 2. The van der Waals surface area contributed by atoms with E-state index in [0.29, 0.717) is 5.56 Å². The average molecular weight is 289 g/mol. The summed E-state index contributed by atoms with van der Waals surface area (Å²) in [6.45, 7) is 0. The second kappa shape index (κ2) is 6.23. The van der Waals surface area contributed by atoms with Gasteiger partial charge < -0.3 is 14.9 Å². The van der Waals surface area contributed by atoms with Gasteiger partial charge in [0.1, 0.15) is 11.9 Å². The van der Waals surface area contributed by atoms with Crippen molar-refractivity contribution in [1.82, 2.24) is 0 Å². The quantitative estimate of drug-likeness (QED) is 0.886. The zero-order valence-electron chi connectivity index (χ0n) is 10.4. The molecule has 0 aliphatic carbocycles. The summed E-state index contributed by atoms with van der Waals surface area (Å²) in [6.07, 6.45) is -6.11. The summed E-state index contributed by atoms with van der Waals surface area (Å²) in [5, 5.41) is 18.7. The monoisotopic (exact) mass is 289 g/mol. The number of ether oxygens (including phenoxy) is 1. The summed E-state index contributed by atoms with van der Waals surface area (Å²) in [6, 6.07) is 4.54. The lowest BCUT2D eigenvalue weighted by molar-refractivity contribution is -0.0578. The predicted octanol–water partition coefficient (Wildman–Crippen LogP) is 1.70. The second-order valence-corrected chi connectivity index (χ2v) is 4.54. The maximum atomic E-state index is 12.8. The van der Waals surface area contributed by atoms with Gasteiger partial charge in [0.2, 0.25) is 12.2 Å². The molecule has 0 aromatic heterocycles. The number of aliphatic hydroxyl groups is 2. The van der Waals surface area contributed by atoms with Gasteiger partial charge in [0, 0.05) is 18.4 Å². The zero-order valence-corrected chi connectivity index (χ0v) is 10.4. The smallest absolute Gasteiger partial charge is 0.264 e. The number of hydrogen-bond acceptors (Lipinski definition) is 4. The van der Waals surface area contributed by atoms with Crippen molar-refractivity contribution >= 4 is 5.90 Å². The molecule has 3 atom stereocenters. The fourth-order valence-electron chi connectivity index (χ4n) is 1.92. The number of alkyl halides is 2. The van der Waals surface area contributed by atoms with Gasteiger partial charge in [-0.3, -0.25) is 0 Å². The fourth-order valence-corrected chi connectivity index (χ4v) is 1.92. The summed E-state index contributed by atoms with van der Waals surface area (Å²) in [4.78, 5) is 4.07. The standard InChI is InChI=1S/C13H14F3NO3/c14-8-3-1-7(2-4-8)13-17-9(6-11(19)20-13)5-10(18)12(15)16/h1-4,9-12,18-19H,5-6H2. The molecule has 4 nitrogen and oxygen atoms in total. The van der Waals surface area contributed by atoms with Gasteiger partial charge in [0.05, 0.1) is 6.04 Å². The van der Waals surface area contributed by atoms with E-state index < -0.39 is 30.7 Å². The lowest BCUT2D eigenvalue weighted by Gasteiger charge is -2.26. The van der Waals surface area contributed by atoms with Crippen LogP contribution in [0.5, 0.6) is 0 Å². The van der Waals surface area contributed by atoms with Gasteiger partial charge in [-0.15, -0.1) is 0 Å². The first-order valence-corrected chi connectivity index (χ1v) is 6.10. The minimum Gasteiger partial charge on any atom is -0.448 e. The lowest BCUT2D eigenvalue weighted by atomic mass is 10.0. The molecule has 1 heterocycles. The summed E-state index contributed by atoms with van der Waals surface area (Å²) < 4.78 is 42.5. The molecule has 7 heteroatoms. The van der Waals surface area contributed by atoms with Gasteiger partial charge in [-0.2, -0.15) is 0 Å². The van der Waals surface area contributed by atoms with Crippen LogP contribution in [0, 0.1) is 5.82 Å². The van der Waals surface area contributed by atoms with E-state index in [1.54, 1.807) is 0 Å². The Kier molecular flexibility index (Phi) is 4.61. The molecule has 1 aromatic rings. The van der Waals surface area contributed by atoms with Crippen molar-refractivity contribution in [2.75, 3.05) is 0 Å². The summed E-state index contributed by atoms with van der Waals surface area (Å²) in [5.41, 5.74) is 0.432. The van der Waals surface area contributed by atoms with Crippen LogP contribution in [0.15, 0.2) is 29.3 Å².